The zero-order chi connectivity index (χ0) is 27.5. The number of benzene rings is 3. The number of hydrogen-bond acceptors (Lipinski definition) is 5. The molecule has 3 aromatic carbocycles. The van der Waals surface area contributed by atoms with Crippen LogP contribution in [-0.4, -0.2) is 49.4 Å². The fraction of sp³-hybridized carbons (Fsp3) is 0.281. The highest BCUT2D eigenvalue weighted by molar-refractivity contribution is 6.36. The van der Waals surface area contributed by atoms with Crippen LogP contribution >= 0.6 is 11.6 Å². The minimum atomic E-state index is -0.483. The predicted octanol–water partition coefficient (Wildman–Crippen LogP) is 5.88. The van der Waals surface area contributed by atoms with Crippen LogP contribution in [0.2, 0.25) is 5.02 Å². The molecule has 8 heteroatoms. The van der Waals surface area contributed by atoms with Crippen molar-refractivity contribution in [2.24, 2.45) is 0 Å². The van der Waals surface area contributed by atoms with Crippen molar-refractivity contribution in [1.29, 1.82) is 0 Å². The maximum atomic E-state index is 13.2. The van der Waals surface area contributed by atoms with Crippen LogP contribution in [0.3, 0.4) is 0 Å². The fourth-order valence-electron chi connectivity index (χ4n) is 5.65. The van der Waals surface area contributed by atoms with Crippen LogP contribution in [0.1, 0.15) is 46.1 Å². The molecule has 204 valence electrons. The summed E-state index contributed by atoms with van der Waals surface area (Å²) in [6.45, 7) is 1.82. The minimum Gasteiger partial charge on any atom is -0.449 e. The van der Waals surface area contributed by atoms with Crippen LogP contribution in [0, 0.1) is 0 Å². The molecule has 7 nitrogen and oxygen atoms in total. The highest BCUT2D eigenvalue weighted by Crippen LogP contribution is 2.44. The van der Waals surface area contributed by atoms with E-state index in [4.69, 9.17) is 21.1 Å². The van der Waals surface area contributed by atoms with Crippen LogP contribution in [0.5, 0.6) is 0 Å². The fourth-order valence-corrected chi connectivity index (χ4v) is 5.92. The minimum absolute atomic E-state index is 0.00171. The van der Waals surface area contributed by atoms with Crippen molar-refractivity contribution < 1.29 is 19.1 Å². The van der Waals surface area contributed by atoms with E-state index in [-0.39, 0.29) is 24.5 Å². The van der Waals surface area contributed by atoms with Gasteiger partial charge >= 0.3 is 6.09 Å². The molecule has 0 radical (unpaired) electrons. The van der Waals surface area contributed by atoms with Gasteiger partial charge in [-0.2, -0.15) is 0 Å². The number of pyridine rings is 1. The van der Waals surface area contributed by atoms with E-state index < -0.39 is 6.09 Å². The van der Waals surface area contributed by atoms with Crippen molar-refractivity contribution >= 4 is 34.4 Å². The summed E-state index contributed by atoms with van der Waals surface area (Å²) in [4.78, 5) is 30.5. The van der Waals surface area contributed by atoms with Gasteiger partial charge in [0.25, 0.3) is 5.91 Å². The molecule has 1 fully saturated rings. The lowest BCUT2D eigenvalue weighted by molar-refractivity contribution is 0.0695. The molecule has 2 N–H and O–H groups in total. The Morgan fingerprint density at radius 3 is 2.38 bits per heavy atom. The molecule has 6 rings (SSSR count). The topological polar surface area (TPSA) is 89.6 Å². The third kappa shape index (κ3) is 5.40. The van der Waals surface area contributed by atoms with E-state index in [1.165, 1.54) is 22.3 Å². The number of rotatable bonds is 7. The first-order chi connectivity index (χ1) is 19.6. The molecule has 0 atom stereocenters. The molecule has 1 aromatic heterocycles. The van der Waals surface area contributed by atoms with Crippen molar-refractivity contribution in [1.82, 2.24) is 15.6 Å². The predicted molar refractivity (Wildman–Crippen MR) is 155 cm³/mol. The summed E-state index contributed by atoms with van der Waals surface area (Å²) < 4.78 is 11.1. The number of alkyl carbamates (subject to hydrolysis) is 1. The quantitative estimate of drug-likeness (QED) is 0.297. The third-order valence-electron chi connectivity index (χ3n) is 7.63. The van der Waals surface area contributed by atoms with E-state index in [1.54, 1.807) is 6.07 Å². The number of nitrogens with zero attached hydrogens (tertiary/aromatic N) is 1. The normalized spacial score (nSPS) is 14.9. The van der Waals surface area contributed by atoms with E-state index in [9.17, 15) is 9.59 Å². The van der Waals surface area contributed by atoms with Gasteiger partial charge in [0.1, 0.15) is 12.3 Å². The Labute approximate surface area is 237 Å². The van der Waals surface area contributed by atoms with Crippen LogP contribution in [0.15, 0.2) is 72.8 Å². The zero-order valence-electron chi connectivity index (χ0n) is 22.0. The molecule has 0 unspecified atom stereocenters. The molecule has 0 saturated carbocycles. The van der Waals surface area contributed by atoms with Crippen molar-refractivity contribution in [3.63, 3.8) is 0 Å². The summed E-state index contributed by atoms with van der Waals surface area (Å²) in [7, 11) is 0. The second-order valence-electron chi connectivity index (χ2n) is 10.2. The van der Waals surface area contributed by atoms with Gasteiger partial charge in [-0.1, -0.05) is 72.3 Å². The molecular formula is C32H30ClN3O4. The Kier molecular flexibility index (Phi) is 7.66. The second kappa shape index (κ2) is 11.7. The van der Waals surface area contributed by atoms with Crippen molar-refractivity contribution in [3.8, 4) is 11.1 Å². The summed E-state index contributed by atoms with van der Waals surface area (Å²) in [6, 6.07) is 24.0. The lowest BCUT2D eigenvalue weighted by atomic mass is 9.98. The lowest BCUT2D eigenvalue weighted by Crippen LogP contribution is -2.39. The van der Waals surface area contributed by atoms with Crippen LogP contribution < -0.4 is 10.6 Å². The number of nitrogens with one attached hydrogen (secondary N) is 2. The monoisotopic (exact) mass is 555 g/mol. The van der Waals surface area contributed by atoms with Gasteiger partial charge in [-0.15, -0.1) is 0 Å². The van der Waals surface area contributed by atoms with Gasteiger partial charge in [-0.05, 0) is 52.6 Å². The molecule has 1 saturated heterocycles. The Bertz CT molecular complexity index is 1520. The van der Waals surface area contributed by atoms with Gasteiger partial charge < -0.3 is 20.1 Å². The summed E-state index contributed by atoms with van der Waals surface area (Å²) in [6.07, 6.45) is 1.48. The molecule has 2 amide bonds. The van der Waals surface area contributed by atoms with Gasteiger partial charge in [0.15, 0.2) is 0 Å². The molecule has 1 aliphatic heterocycles. The highest BCUT2D eigenvalue weighted by Gasteiger charge is 2.29. The standard InChI is InChI=1S/C32H30ClN3O4/c33-28-11-5-6-20-18-22(35-30(29(20)28)31(37)36-21-13-16-39-17-14-21)12-15-34-32(38)40-19-27-25-9-3-1-7-23(25)24-8-2-4-10-26(24)27/h1-11,18,21,27H,12-17,19H2,(H,34,38)(H,36,37). The molecule has 2 heterocycles. The number of amides is 2. The summed E-state index contributed by atoms with van der Waals surface area (Å²) >= 11 is 6.49. The van der Waals surface area contributed by atoms with Crippen LogP contribution in [0.25, 0.3) is 21.9 Å². The Balaban J connectivity index is 1.10. The van der Waals surface area contributed by atoms with Gasteiger partial charge in [-0.3, -0.25) is 4.79 Å². The number of carbonyl (C=O) groups is 2. The molecule has 0 bridgehead atoms. The number of hydrogen-bond donors (Lipinski definition) is 2. The maximum absolute atomic E-state index is 13.2. The number of aromatic nitrogens is 1. The molecule has 2 aliphatic rings. The second-order valence-corrected chi connectivity index (χ2v) is 10.6. The Morgan fingerprint density at radius 2 is 1.65 bits per heavy atom. The van der Waals surface area contributed by atoms with Crippen LogP contribution in [-0.2, 0) is 15.9 Å². The SMILES string of the molecule is O=C(NCCc1cc2cccc(Cl)c2c(C(=O)NC2CCOCC2)n1)OCC1c2ccccc2-c2ccccc21. The van der Waals surface area contributed by atoms with Crippen molar-refractivity contribution in [3.05, 3.63) is 100 Å². The Morgan fingerprint density at radius 1 is 0.950 bits per heavy atom. The average molecular weight is 556 g/mol. The van der Waals surface area contributed by atoms with E-state index in [1.807, 2.05) is 42.5 Å². The number of fused-ring (bicyclic) bond motifs is 4. The third-order valence-corrected chi connectivity index (χ3v) is 7.94. The first-order valence-electron chi connectivity index (χ1n) is 13.6. The van der Waals surface area contributed by atoms with Crippen molar-refractivity contribution in [2.75, 3.05) is 26.4 Å². The first kappa shape index (κ1) is 26.3. The van der Waals surface area contributed by atoms with Crippen LogP contribution in [0.4, 0.5) is 4.79 Å². The summed E-state index contributed by atoms with van der Waals surface area (Å²) in [5.74, 6) is -0.252. The van der Waals surface area contributed by atoms with E-state index in [0.717, 1.165) is 18.2 Å². The number of ether oxygens (including phenoxy) is 2. The van der Waals surface area contributed by atoms with E-state index >= 15 is 0 Å². The summed E-state index contributed by atoms with van der Waals surface area (Å²) in [5.41, 5.74) is 5.69. The highest BCUT2D eigenvalue weighted by atomic mass is 35.5. The lowest BCUT2D eigenvalue weighted by Gasteiger charge is -2.23. The number of carbonyl (C=O) groups excluding carboxylic acids is 2. The average Bonchev–Trinajstić information content (AvgIpc) is 3.30. The molecule has 4 aromatic rings. The maximum Gasteiger partial charge on any atom is 0.407 e. The zero-order valence-corrected chi connectivity index (χ0v) is 22.7. The van der Waals surface area contributed by atoms with Gasteiger partial charge in [0.05, 0.1) is 5.02 Å². The van der Waals surface area contributed by atoms with E-state index in [2.05, 4.69) is 39.9 Å². The molecular weight excluding hydrogens is 526 g/mol. The van der Waals surface area contributed by atoms with Crippen molar-refractivity contribution in [2.45, 2.75) is 31.2 Å². The van der Waals surface area contributed by atoms with Gasteiger partial charge in [0.2, 0.25) is 0 Å². The largest absolute Gasteiger partial charge is 0.449 e. The van der Waals surface area contributed by atoms with Gasteiger partial charge in [0, 0.05) is 49.2 Å². The smallest absolute Gasteiger partial charge is 0.407 e. The molecule has 0 spiro atoms. The molecule has 1 aliphatic carbocycles. The number of halogens is 1. The Hall–Kier alpha value is -3.94. The summed E-state index contributed by atoms with van der Waals surface area (Å²) in [5, 5.41) is 7.85. The van der Waals surface area contributed by atoms with E-state index in [0.29, 0.717) is 48.0 Å². The molecule has 40 heavy (non-hydrogen) atoms. The first-order valence-corrected chi connectivity index (χ1v) is 14.0. The van der Waals surface area contributed by atoms with Gasteiger partial charge in [-0.25, -0.2) is 9.78 Å².